The Kier molecular flexibility index (Phi) is 5.95. The van der Waals surface area contributed by atoms with E-state index in [1.165, 1.54) is 24.3 Å². The van der Waals surface area contributed by atoms with Gasteiger partial charge in [-0.25, -0.2) is 8.42 Å². The molecule has 0 fully saturated rings. The van der Waals surface area contributed by atoms with Crippen LogP contribution in [0.5, 0.6) is 0 Å². The summed E-state index contributed by atoms with van der Waals surface area (Å²) in [5, 5.41) is 0. The van der Waals surface area contributed by atoms with Crippen LogP contribution in [0.3, 0.4) is 0 Å². The van der Waals surface area contributed by atoms with Crippen molar-refractivity contribution in [1.82, 2.24) is 0 Å². The standard InChI is InChI=1S/C14H13NO3S.Na/c1-11-6-8-13(9-7-11)19(17,18)15-14-5-3-2-4-12(14)10-16;/h2-10H,1H3,(H,15,16);/q;+1/p-1. The van der Waals surface area contributed by atoms with Crippen molar-refractivity contribution in [2.24, 2.45) is 0 Å². The summed E-state index contributed by atoms with van der Waals surface area (Å²) in [4.78, 5) is 10.9. The van der Waals surface area contributed by atoms with Gasteiger partial charge in [0, 0.05) is 5.56 Å². The van der Waals surface area contributed by atoms with Gasteiger partial charge in [-0.05, 0) is 19.1 Å². The van der Waals surface area contributed by atoms with Crippen molar-refractivity contribution in [2.75, 3.05) is 0 Å². The Balaban J connectivity index is 0.00000200. The second-order valence-electron chi connectivity index (χ2n) is 4.06. The molecule has 0 atom stereocenters. The maximum Gasteiger partial charge on any atom is 1.00 e. The molecule has 6 heteroatoms. The van der Waals surface area contributed by atoms with Crippen molar-refractivity contribution in [3.05, 3.63) is 64.4 Å². The number of carbonyl (C=O) groups is 1. The van der Waals surface area contributed by atoms with Gasteiger partial charge in [-0.2, -0.15) is 0 Å². The van der Waals surface area contributed by atoms with Gasteiger partial charge in [-0.3, -0.25) is 4.79 Å². The number of aldehydes is 1. The van der Waals surface area contributed by atoms with E-state index in [-0.39, 0.29) is 45.7 Å². The summed E-state index contributed by atoms with van der Waals surface area (Å²) in [6, 6.07) is 12.7. The monoisotopic (exact) mass is 297 g/mol. The molecule has 0 bridgehead atoms. The van der Waals surface area contributed by atoms with Crippen LogP contribution in [0.4, 0.5) is 5.69 Å². The Morgan fingerprint density at radius 1 is 1.00 bits per heavy atom. The third kappa shape index (κ3) is 3.93. The van der Waals surface area contributed by atoms with Crippen molar-refractivity contribution in [2.45, 2.75) is 11.8 Å². The second-order valence-corrected chi connectivity index (χ2v) is 5.66. The quantitative estimate of drug-likeness (QED) is 0.598. The predicted octanol–water partition coefficient (Wildman–Crippen LogP) is 0.206. The number of aryl methyl sites for hydroxylation is 1. The molecule has 0 saturated heterocycles. The van der Waals surface area contributed by atoms with Crippen molar-refractivity contribution >= 4 is 22.0 Å². The molecule has 98 valence electrons. The summed E-state index contributed by atoms with van der Waals surface area (Å²) in [7, 11) is -3.80. The Hall–Kier alpha value is -1.14. The van der Waals surface area contributed by atoms with Crippen LogP contribution >= 0.6 is 0 Å². The van der Waals surface area contributed by atoms with Crippen molar-refractivity contribution < 1.29 is 42.8 Å². The molecular formula is C14H12NNaO3S. The summed E-state index contributed by atoms with van der Waals surface area (Å²) in [5.41, 5.74) is 1.36. The molecule has 0 spiro atoms. The predicted molar refractivity (Wildman–Crippen MR) is 73.2 cm³/mol. The van der Waals surface area contributed by atoms with Gasteiger partial charge in [0.2, 0.25) is 0 Å². The van der Waals surface area contributed by atoms with E-state index in [0.29, 0.717) is 6.29 Å². The minimum atomic E-state index is -3.80. The van der Waals surface area contributed by atoms with Crippen LogP contribution in [0.25, 0.3) is 4.72 Å². The van der Waals surface area contributed by atoms with Gasteiger partial charge in [-0.15, -0.1) is 5.69 Å². The van der Waals surface area contributed by atoms with E-state index in [2.05, 4.69) is 4.72 Å². The molecule has 2 rings (SSSR count). The van der Waals surface area contributed by atoms with Gasteiger partial charge >= 0.3 is 29.6 Å². The first-order chi connectivity index (χ1) is 9.03. The molecule has 0 amide bonds. The molecule has 2 aromatic rings. The number of carbonyl (C=O) groups excluding carboxylic acids is 1. The smallest absolute Gasteiger partial charge is 0.572 e. The van der Waals surface area contributed by atoms with Crippen LogP contribution in [0.1, 0.15) is 15.9 Å². The van der Waals surface area contributed by atoms with E-state index in [1.807, 2.05) is 6.92 Å². The summed E-state index contributed by atoms with van der Waals surface area (Å²) in [6.45, 7) is 1.87. The average molecular weight is 297 g/mol. The molecule has 0 aromatic heterocycles. The van der Waals surface area contributed by atoms with E-state index < -0.39 is 10.0 Å². The Bertz CT molecular complexity index is 697. The number of hydrogen-bond donors (Lipinski definition) is 0. The Morgan fingerprint density at radius 3 is 2.20 bits per heavy atom. The minimum Gasteiger partial charge on any atom is -0.572 e. The third-order valence-electron chi connectivity index (χ3n) is 2.60. The van der Waals surface area contributed by atoms with Gasteiger partial charge < -0.3 is 4.72 Å². The molecule has 0 aliphatic rings. The van der Waals surface area contributed by atoms with Crippen LogP contribution in [0.2, 0.25) is 0 Å². The van der Waals surface area contributed by atoms with Crippen LogP contribution in [-0.4, -0.2) is 14.7 Å². The zero-order valence-electron chi connectivity index (χ0n) is 11.3. The maximum atomic E-state index is 12.1. The van der Waals surface area contributed by atoms with Crippen LogP contribution in [0, 0.1) is 6.92 Å². The van der Waals surface area contributed by atoms with E-state index in [1.54, 1.807) is 24.3 Å². The Morgan fingerprint density at radius 2 is 1.60 bits per heavy atom. The van der Waals surface area contributed by atoms with Crippen molar-refractivity contribution in [3.63, 3.8) is 0 Å². The fourth-order valence-electron chi connectivity index (χ4n) is 1.56. The van der Waals surface area contributed by atoms with E-state index in [9.17, 15) is 13.2 Å². The van der Waals surface area contributed by atoms with Gasteiger partial charge in [0.05, 0.1) is 4.90 Å². The van der Waals surface area contributed by atoms with Gasteiger partial charge in [-0.1, -0.05) is 42.0 Å². The number of rotatable bonds is 4. The molecule has 0 saturated carbocycles. The van der Waals surface area contributed by atoms with Crippen molar-refractivity contribution in [1.29, 1.82) is 0 Å². The zero-order chi connectivity index (χ0) is 13.9. The van der Waals surface area contributed by atoms with Crippen LogP contribution < -0.4 is 29.6 Å². The number of benzene rings is 2. The third-order valence-corrected chi connectivity index (χ3v) is 3.91. The van der Waals surface area contributed by atoms with Crippen LogP contribution in [0.15, 0.2) is 53.4 Å². The van der Waals surface area contributed by atoms with Crippen molar-refractivity contribution in [3.8, 4) is 0 Å². The van der Waals surface area contributed by atoms with Gasteiger partial charge in [0.15, 0.2) is 0 Å². The first kappa shape index (κ1) is 16.9. The molecular weight excluding hydrogens is 285 g/mol. The molecule has 0 aliphatic carbocycles. The van der Waals surface area contributed by atoms with E-state index in [0.717, 1.165) is 5.56 Å². The summed E-state index contributed by atoms with van der Waals surface area (Å²) in [5.74, 6) is 0. The van der Waals surface area contributed by atoms with E-state index >= 15 is 0 Å². The fraction of sp³-hybridized carbons (Fsp3) is 0.0714. The number of nitrogens with zero attached hydrogens (tertiary/aromatic N) is 1. The minimum absolute atomic E-state index is 0. The molecule has 2 aromatic carbocycles. The summed E-state index contributed by atoms with van der Waals surface area (Å²) < 4.78 is 27.9. The van der Waals surface area contributed by atoms with Gasteiger partial charge in [0.1, 0.15) is 16.3 Å². The van der Waals surface area contributed by atoms with Gasteiger partial charge in [0.25, 0.3) is 0 Å². The SMILES string of the molecule is Cc1ccc(S(=O)(=O)[N-]c2ccccc2C=O)cc1.[Na+]. The largest absolute Gasteiger partial charge is 1.00 e. The second kappa shape index (κ2) is 7.04. The summed E-state index contributed by atoms with van der Waals surface area (Å²) in [6.07, 6.45) is 0.587. The molecule has 0 heterocycles. The first-order valence-electron chi connectivity index (χ1n) is 5.62. The summed E-state index contributed by atoms with van der Waals surface area (Å²) >= 11 is 0. The maximum absolute atomic E-state index is 12.1. The molecule has 4 nitrogen and oxygen atoms in total. The molecule has 0 unspecified atom stereocenters. The normalized spacial score (nSPS) is 10.4. The molecule has 20 heavy (non-hydrogen) atoms. The fourth-order valence-corrected chi connectivity index (χ4v) is 2.57. The Labute approximate surface area is 140 Å². The molecule has 0 N–H and O–H groups in total. The zero-order valence-corrected chi connectivity index (χ0v) is 14.1. The molecule has 0 radical (unpaired) electrons. The number of sulfonamides is 1. The van der Waals surface area contributed by atoms with E-state index in [4.69, 9.17) is 0 Å². The molecule has 0 aliphatic heterocycles. The topological polar surface area (TPSA) is 65.3 Å². The number of hydrogen-bond acceptors (Lipinski definition) is 3. The first-order valence-corrected chi connectivity index (χ1v) is 7.06. The van der Waals surface area contributed by atoms with Crippen LogP contribution in [-0.2, 0) is 10.0 Å². The average Bonchev–Trinajstić information content (AvgIpc) is 2.39.